The number of benzene rings is 2. The van der Waals surface area contributed by atoms with Crippen LogP contribution in [0.3, 0.4) is 0 Å². The van der Waals surface area contributed by atoms with Crippen LogP contribution in [0.2, 0.25) is 0 Å². The third-order valence-electron chi connectivity index (χ3n) is 5.63. The first-order valence-corrected chi connectivity index (χ1v) is 9.38. The van der Waals surface area contributed by atoms with E-state index in [1.165, 1.54) is 0 Å². The molecule has 5 nitrogen and oxygen atoms in total. The summed E-state index contributed by atoms with van der Waals surface area (Å²) in [6, 6.07) is 14.2. The lowest BCUT2D eigenvalue weighted by atomic mass is 9.81. The van der Waals surface area contributed by atoms with Gasteiger partial charge >= 0.3 is 0 Å². The van der Waals surface area contributed by atoms with E-state index in [4.69, 9.17) is 14.7 Å². The highest BCUT2D eigenvalue weighted by Crippen LogP contribution is 2.35. The van der Waals surface area contributed by atoms with Crippen LogP contribution in [0, 0.1) is 5.41 Å². The maximum atomic E-state index is 9.59. The third-order valence-corrected chi connectivity index (χ3v) is 5.63. The monoisotopic (exact) mass is 363 g/mol. The van der Waals surface area contributed by atoms with Gasteiger partial charge in [0.25, 0.3) is 0 Å². The van der Waals surface area contributed by atoms with Gasteiger partial charge in [0.2, 0.25) is 0 Å². The average Bonchev–Trinajstić information content (AvgIpc) is 2.73. The predicted octanol–water partition coefficient (Wildman–Crippen LogP) is 3.90. The zero-order valence-electron chi connectivity index (χ0n) is 15.9. The summed E-state index contributed by atoms with van der Waals surface area (Å²) in [6.07, 6.45) is 3.75. The Morgan fingerprint density at radius 1 is 1.07 bits per heavy atom. The summed E-state index contributed by atoms with van der Waals surface area (Å²) in [5.74, 6) is 1.60. The van der Waals surface area contributed by atoms with E-state index in [1.807, 2.05) is 36.5 Å². The van der Waals surface area contributed by atoms with E-state index in [9.17, 15) is 5.11 Å². The zero-order chi connectivity index (χ0) is 18.9. The van der Waals surface area contributed by atoms with E-state index in [0.717, 1.165) is 59.7 Å². The molecule has 3 aromatic rings. The molecule has 5 heteroatoms. The van der Waals surface area contributed by atoms with Gasteiger partial charge in [-0.1, -0.05) is 37.3 Å². The third kappa shape index (κ3) is 3.35. The maximum absolute atomic E-state index is 9.59. The predicted molar refractivity (Wildman–Crippen MR) is 108 cm³/mol. The molecule has 2 aromatic carbocycles. The van der Waals surface area contributed by atoms with Gasteiger partial charge in [0, 0.05) is 25.3 Å². The Bertz CT molecular complexity index is 935. The van der Waals surface area contributed by atoms with Crippen molar-refractivity contribution in [2.24, 2.45) is 5.41 Å². The number of rotatable bonds is 4. The molecule has 1 aliphatic rings. The first kappa shape index (κ1) is 17.7. The maximum Gasteiger partial charge on any atom is 0.148 e. The van der Waals surface area contributed by atoms with Crippen molar-refractivity contribution in [2.75, 3.05) is 31.7 Å². The minimum Gasteiger partial charge on any atom is -0.494 e. The van der Waals surface area contributed by atoms with Crippen LogP contribution in [0.15, 0.2) is 48.7 Å². The normalized spacial score (nSPS) is 16.5. The topological polar surface area (TPSA) is 58.5 Å². The van der Waals surface area contributed by atoms with Crippen molar-refractivity contribution in [3.63, 3.8) is 0 Å². The number of aromatic nitrogens is 2. The van der Waals surface area contributed by atoms with Crippen molar-refractivity contribution in [1.82, 2.24) is 9.97 Å². The molecule has 1 aliphatic heterocycles. The van der Waals surface area contributed by atoms with E-state index in [-0.39, 0.29) is 12.0 Å². The molecule has 0 bridgehead atoms. The number of anilines is 1. The smallest absolute Gasteiger partial charge is 0.148 e. The SMILES string of the molecule is COc1ccc(-c2ccccc2)c2ncc(N3CCC(C)(CO)CC3)nc12. The van der Waals surface area contributed by atoms with Crippen LogP contribution in [-0.2, 0) is 0 Å². The molecule has 27 heavy (non-hydrogen) atoms. The summed E-state index contributed by atoms with van der Waals surface area (Å²) in [4.78, 5) is 11.9. The van der Waals surface area contributed by atoms with Gasteiger partial charge in [0.15, 0.2) is 0 Å². The van der Waals surface area contributed by atoms with E-state index in [2.05, 4.69) is 24.0 Å². The standard InChI is InChI=1S/C22H25N3O2/c1-22(15-26)10-12-25(13-11-22)19-14-23-20-17(16-6-4-3-5-7-16)8-9-18(27-2)21(20)24-19/h3-9,14,26H,10-13,15H2,1-2H3. The van der Waals surface area contributed by atoms with Crippen LogP contribution in [0.5, 0.6) is 5.75 Å². The Balaban J connectivity index is 1.74. The highest BCUT2D eigenvalue weighted by Gasteiger charge is 2.30. The van der Waals surface area contributed by atoms with E-state index in [0.29, 0.717) is 0 Å². The van der Waals surface area contributed by atoms with Gasteiger partial charge in [-0.05, 0) is 36.0 Å². The number of hydrogen-bond donors (Lipinski definition) is 1. The van der Waals surface area contributed by atoms with Crippen molar-refractivity contribution in [1.29, 1.82) is 0 Å². The fourth-order valence-electron chi connectivity index (χ4n) is 3.67. The Kier molecular flexibility index (Phi) is 4.70. The van der Waals surface area contributed by atoms with Gasteiger partial charge in [-0.3, -0.25) is 0 Å². The fraction of sp³-hybridized carbons (Fsp3) is 0.364. The van der Waals surface area contributed by atoms with E-state index in [1.54, 1.807) is 7.11 Å². The summed E-state index contributed by atoms with van der Waals surface area (Å²) in [7, 11) is 1.67. The van der Waals surface area contributed by atoms with E-state index < -0.39 is 0 Å². The second kappa shape index (κ2) is 7.16. The van der Waals surface area contributed by atoms with Crippen LogP contribution in [0.4, 0.5) is 5.82 Å². The first-order valence-electron chi connectivity index (χ1n) is 9.38. The molecule has 1 fully saturated rings. The molecule has 140 valence electrons. The van der Waals surface area contributed by atoms with Crippen LogP contribution >= 0.6 is 0 Å². The Hall–Kier alpha value is -2.66. The summed E-state index contributed by atoms with van der Waals surface area (Å²) in [5.41, 5.74) is 3.81. The van der Waals surface area contributed by atoms with Crippen molar-refractivity contribution in [3.05, 3.63) is 48.7 Å². The number of piperidine rings is 1. The number of hydrogen-bond acceptors (Lipinski definition) is 5. The summed E-state index contributed by atoms with van der Waals surface area (Å²) in [6.45, 7) is 4.12. The molecule has 0 aliphatic carbocycles. The van der Waals surface area contributed by atoms with Gasteiger partial charge < -0.3 is 14.7 Å². The minimum absolute atomic E-state index is 0.0128. The summed E-state index contributed by atoms with van der Waals surface area (Å²) in [5, 5.41) is 9.59. The number of methoxy groups -OCH3 is 1. The van der Waals surface area contributed by atoms with Gasteiger partial charge in [-0.25, -0.2) is 9.97 Å². The quantitative estimate of drug-likeness (QED) is 0.762. The van der Waals surface area contributed by atoms with Crippen molar-refractivity contribution in [3.8, 4) is 16.9 Å². The number of fused-ring (bicyclic) bond motifs is 1. The van der Waals surface area contributed by atoms with Crippen LogP contribution in [0.1, 0.15) is 19.8 Å². The van der Waals surface area contributed by atoms with Gasteiger partial charge in [-0.2, -0.15) is 0 Å². The van der Waals surface area contributed by atoms with Gasteiger partial charge in [0.1, 0.15) is 22.6 Å². The Morgan fingerprint density at radius 2 is 1.81 bits per heavy atom. The number of ether oxygens (including phenoxy) is 1. The Morgan fingerprint density at radius 3 is 2.48 bits per heavy atom. The van der Waals surface area contributed by atoms with Crippen molar-refractivity contribution < 1.29 is 9.84 Å². The average molecular weight is 363 g/mol. The molecule has 1 saturated heterocycles. The molecule has 0 amide bonds. The van der Waals surface area contributed by atoms with Crippen molar-refractivity contribution in [2.45, 2.75) is 19.8 Å². The Labute approximate surface area is 159 Å². The molecule has 2 heterocycles. The molecule has 1 N–H and O–H groups in total. The van der Waals surface area contributed by atoms with Crippen LogP contribution in [0.25, 0.3) is 22.2 Å². The van der Waals surface area contributed by atoms with Crippen LogP contribution in [-0.4, -0.2) is 41.9 Å². The lowest BCUT2D eigenvalue weighted by Crippen LogP contribution is -2.40. The molecule has 0 radical (unpaired) electrons. The zero-order valence-corrected chi connectivity index (χ0v) is 15.9. The number of nitrogens with zero attached hydrogens (tertiary/aromatic N) is 3. The number of aliphatic hydroxyl groups excluding tert-OH is 1. The molecule has 4 rings (SSSR count). The lowest BCUT2D eigenvalue weighted by Gasteiger charge is -2.38. The molecule has 0 unspecified atom stereocenters. The van der Waals surface area contributed by atoms with Gasteiger partial charge in [0.05, 0.1) is 13.3 Å². The van der Waals surface area contributed by atoms with Crippen molar-refractivity contribution >= 4 is 16.9 Å². The van der Waals surface area contributed by atoms with Crippen LogP contribution < -0.4 is 9.64 Å². The summed E-state index contributed by atoms with van der Waals surface area (Å²) < 4.78 is 5.56. The van der Waals surface area contributed by atoms with Gasteiger partial charge in [-0.15, -0.1) is 0 Å². The molecule has 0 saturated carbocycles. The second-order valence-corrected chi connectivity index (χ2v) is 7.56. The van der Waals surface area contributed by atoms with E-state index >= 15 is 0 Å². The lowest BCUT2D eigenvalue weighted by molar-refractivity contribution is 0.114. The summed E-state index contributed by atoms with van der Waals surface area (Å²) >= 11 is 0. The highest BCUT2D eigenvalue weighted by molar-refractivity contribution is 5.95. The first-order chi connectivity index (χ1) is 13.1. The second-order valence-electron chi connectivity index (χ2n) is 7.56. The molecule has 1 aromatic heterocycles. The molecule has 0 spiro atoms. The molecular formula is C22H25N3O2. The number of aliphatic hydroxyl groups is 1. The molecular weight excluding hydrogens is 338 g/mol. The highest BCUT2D eigenvalue weighted by atomic mass is 16.5. The largest absolute Gasteiger partial charge is 0.494 e. The molecule has 0 atom stereocenters. The minimum atomic E-state index is 0.0128. The fourth-order valence-corrected chi connectivity index (χ4v) is 3.67.